The van der Waals surface area contributed by atoms with Crippen LogP contribution in [0.1, 0.15) is 31.4 Å². The highest BCUT2D eigenvalue weighted by Gasteiger charge is 2.41. The third-order valence-electron chi connectivity index (χ3n) is 6.24. The third kappa shape index (κ3) is 3.35. The van der Waals surface area contributed by atoms with Gasteiger partial charge in [0.25, 0.3) is 0 Å². The molecule has 5 rings (SSSR count). The number of nitrogens with zero attached hydrogens (tertiary/aromatic N) is 4. The summed E-state index contributed by atoms with van der Waals surface area (Å²) in [5, 5.41) is 24.8. The zero-order valence-electron chi connectivity index (χ0n) is 18.5. The molecule has 0 bridgehead atoms. The summed E-state index contributed by atoms with van der Waals surface area (Å²) >= 11 is 0. The van der Waals surface area contributed by atoms with Gasteiger partial charge in [-0.05, 0) is 44.0 Å². The quantitative estimate of drug-likeness (QED) is 0.460. The number of rotatable bonds is 4. The zero-order valence-corrected chi connectivity index (χ0v) is 18.5. The SMILES string of the molecule is COc1c(F)c(-c2ccccc2F)nc2cc(-c3nn([C@H]4C[C@@](C)(O)C4)c(N)c3C#N)ccc12. The second kappa shape index (κ2) is 7.78. The van der Waals surface area contributed by atoms with Gasteiger partial charge in [-0.15, -0.1) is 0 Å². The number of ether oxygens (including phenoxy) is 1. The summed E-state index contributed by atoms with van der Waals surface area (Å²) in [6, 6.07) is 12.7. The molecule has 1 saturated carbocycles. The Hall–Kier alpha value is -4.03. The van der Waals surface area contributed by atoms with Crippen LogP contribution in [0.25, 0.3) is 33.4 Å². The highest BCUT2D eigenvalue weighted by molar-refractivity contribution is 5.92. The molecule has 172 valence electrons. The van der Waals surface area contributed by atoms with E-state index in [1.165, 1.54) is 25.3 Å². The smallest absolute Gasteiger partial charge is 0.192 e. The molecule has 4 aromatic rings. The Kier molecular flexibility index (Phi) is 4.99. The van der Waals surface area contributed by atoms with Crippen molar-refractivity contribution >= 4 is 16.7 Å². The number of anilines is 1. The van der Waals surface area contributed by atoms with Gasteiger partial charge in [0.1, 0.15) is 34.7 Å². The van der Waals surface area contributed by atoms with Crippen molar-refractivity contribution in [1.82, 2.24) is 14.8 Å². The highest BCUT2D eigenvalue weighted by atomic mass is 19.1. The molecule has 1 aliphatic rings. The van der Waals surface area contributed by atoms with E-state index < -0.39 is 17.2 Å². The van der Waals surface area contributed by atoms with E-state index in [4.69, 9.17) is 10.5 Å². The van der Waals surface area contributed by atoms with E-state index in [1.54, 1.807) is 35.9 Å². The Bertz CT molecular complexity index is 1480. The van der Waals surface area contributed by atoms with Crippen LogP contribution in [0.2, 0.25) is 0 Å². The van der Waals surface area contributed by atoms with Gasteiger partial charge in [0.15, 0.2) is 11.6 Å². The molecule has 2 aromatic heterocycles. The second-order valence-electron chi connectivity index (χ2n) is 8.74. The molecule has 0 aliphatic heterocycles. The summed E-state index contributed by atoms with van der Waals surface area (Å²) in [4.78, 5) is 4.39. The number of nitrogen functional groups attached to an aromatic ring is 1. The molecule has 0 radical (unpaired) electrons. The summed E-state index contributed by atoms with van der Waals surface area (Å²) in [6.07, 6.45) is 0.954. The van der Waals surface area contributed by atoms with Crippen molar-refractivity contribution in [3.05, 3.63) is 59.7 Å². The molecule has 2 aromatic carbocycles. The number of aliphatic hydroxyl groups is 1. The molecule has 3 N–H and O–H groups in total. The van der Waals surface area contributed by atoms with Gasteiger partial charge in [0, 0.05) is 16.5 Å². The van der Waals surface area contributed by atoms with Gasteiger partial charge in [-0.25, -0.2) is 18.4 Å². The fourth-order valence-electron chi connectivity index (χ4n) is 4.56. The van der Waals surface area contributed by atoms with Crippen LogP contribution >= 0.6 is 0 Å². The first-order chi connectivity index (χ1) is 16.2. The molecule has 1 fully saturated rings. The third-order valence-corrected chi connectivity index (χ3v) is 6.24. The van der Waals surface area contributed by atoms with Gasteiger partial charge in [0.2, 0.25) is 0 Å². The number of pyridine rings is 1. The fraction of sp³-hybridized carbons (Fsp3) is 0.240. The zero-order chi connectivity index (χ0) is 24.2. The molecule has 0 spiro atoms. The predicted octanol–water partition coefficient (Wildman–Crippen LogP) is 4.59. The molecule has 2 heterocycles. The van der Waals surface area contributed by atoms with Crippen molar-refractivity contribution in [2.24, 2.45) is 0 Å². The van der Waals surface area contributed by atoms with E-state index in [-0.39, 0.29) is 34.4 Å². The molecule has 9 heteroatoms. The van der Waals surface area contributed by atoms with E-state index in [1.807, 2.05) is 0 Å². The van der Waals surface area contributed by atoms with Gasteiger partial charge in [0.05, 0.1) is 24.3 Å². The van der Waals surface area contributed by atoms with E-state index >= 15 is 4.39 Å². The Balaban J connectivity index is 1.68. The van der Waals surface area contributed by atoms with Crippen LogP contribution in [0.5, 0.6) is 5.75 Å². The molecular weight excluding hydrogens is 440 g/mol. The Morgan fingerprint density at radius 2 is 1.94 bits per heavy atom. The molecule has 0 amide bonds. The number of halogens is 2. The Morgan fingerprint density at radius 3 is 2.59 bits per heavy atom. The number of aromatic nitrogens is 3. The van der Waals surface area contributed by atoms with Gasteiger partial charge in [-0.1, -0.05) is 18.2 Å². The van der Waals surface area contributed by atoms with Gasteiger partial charge >= 0.3 is 0 Å². The van der Waals surface area contributed by atoms with E-state index in [0.29, 0.717) is 35.0 Å². The molecule has 0 saturated heterocycles. The summed E-state index contributed by atoms with van der Waals surface area (Å²) < 4.78 is 36.5. The summed E-state index contributed by atoms with van der Waals surface area (Å²) in [7, 11) is 1.33. The lowest BCUT2D eigenvalue weighted by Crippen LogP contribution is -2.42. The van der Waals surface area contributed by atoms with Crippen LogP contribution in [0.3, 0.4) is 0 Å². The highest BCUT2D eigenvalue weighted by Crippen LogP contribution is 2.44. The maximum Gasteiger partial charge on any atom is 0.192 e. The maximum absolute atomic E-state index is 15.2. The van der Waals surface area contributed by atoms with Gasteiger partial charge < -0.3 is 15.6 Å². The van der Waals surface area contributed by atoms with Crippen LogP contribution in [0, 0.1) is 23.0 Å². The van der Waals surface area contributed by atoms with Crippen molar-refractivity contribution < 1.29 is 18.6 Å². The van der Waals surface area contributed by atoms with Crippen molar-refractivity contribution in [3.8, 4) is 34.3 Å². The minimum atomic E-state index is -0.785. The monoisotopic (exact) mass is 461 g/mol. The number of nitrogens with two attached hydrogens (primary N) is 1. The van der Waals surface area contributed by atoms with E-state index in [0.717, 1.165) is 0 Å². The van der Waals surface area contributed by atoms with Crippen LogP contribution in [-0.2, 0) is 0 Å². The number of fused-ring (bicyclic) bond motifs is 1. The summed E-state index contributed by atoms with van der Waals surface area (Å²) in [5.74, 6) is -1.22. The summed E-state index contributed by atoms with van der Waals surface area (Å²) in [5.41, 5.74) is 6.70. The first kappa shape index (κ1) is 21.8. The number of nitriles is 1. The van der Waals surface area contributed by atoms with Crippen molar-refractivity contribution in [3.63, 3.8) is 0 Å². The first-order valence-corrected chi connectivity index (χ1v) is 10.7. The minimum Gasteiger partial charge on any atom is -0.493 e. The second-order valence-corrected chi connectivity index (χ2v) is 8.74. The fourth-order valence-corrected chi connectivity index (χ4v) is 4.56. The van der Waals surface area contributed by atoms with Crippen LogP contribution in [-0.4, -0.2) is 32.6 Å². The van der Waals surface area contributed by atoms with Crippen molar-refractivity contribution in [2.75, 3.05) is 12.8 Å². The van der Waals surface area contributed by atoms with E-state index in [9.17, 15) is 14.8 Å². The standard InChI is InChI=1S/C25H21F2N5O2/c1-25(33)10-14(11-25)32-24(29)17(12-28)21(31-32)13-7-8-16-19(9-13)30-22(20(27)23(16)34-2)15-5-3-4-6-18(15)26/h3-9,14,33H,10-11,29H2,1-2H3/t14-,25+. The first-order valence-electron chi connectivity index (χ1n) is 10.7. The average Bonchev–Trinajstić information content (AvgIpc) is 3.13. The molecule has 7 nitrogen and oxygen atoms in total. The minimum absolute atomic E-state index is 0.00822. The average molecular weight is 461 g/mol. The van der Waals surface area contributed by atoms with Gasteiger partial charge in [-0.3, -0.25) is 0 Å². The normalized spacial score (nSPS) is 19.6. The van der Waals surface area contributed by atoms with Gasteiger partial charge in [-0.2, -0.15) is 10.4 Å². The lowest BCUT2D eigenvalue weighted by molar-refractivity contribution is -0.0535. The number of hydrogen-bond donors (Lipinski definition) is 2. The van der Waals surface area contributed by atoms with E-state index in [2.05, 4.69) is 16.2 Å². The molecule has 1 aliphatic carbocycles. The van der Waals surface area contributed by atoms with Crippen molar-refractivity contribution in [1.29, 1.82) is 5.26 Å². The molecule has 34 heavy (non-hydrogen) atoms. The number of hydrogen-bond acceptors (Lipinski definition) is 6. The lowest BCUT2D eigenvalue weighted by Gasteiger charge is -2.41. The predicted molar refractivity (Wildman–Crippen MR) is 123 cm³/mol. The lowest BCUT2D eigenvalue weighted by atomic mass is 9.77. The van der Waals surface area contributed by atoms with Crippen LogP contribution < -0.4 is 10.5 Å². The summed E-state index contributed by atoms with van der Waals surface area (Å²) in [6.45, 7) is 1.74. The van der Waals surface area contributed by atoms with Crippen molar-refractivity contribution in [2.45, 2.75) is 31.4 Å². The topological polar surface area (TPSA) is 110 Å². The van der Waals surface area contributed by atoms with Crippen LogP contribution in [0.4, 0.5) is 14.6 Å². The number of methoxy groups -OCH3 is 1. The Labute approximate surface area is 194 Å². The Morgan fingerprint density at radius 1 is 1.21 bits per heavy atom. The van der Waals surface area contributed by atoms with Crippen LogP contribution in [0.15, 0.2) is 42.5 Å². The largest absolute Gasteiger partial charge is 0.493 e. The molecule has 0 atom stereocenters. The number of benzene rings is 2. The maximum atomic E-state index is 15.2. The molecule has 0 unspecified atom stereocenters. The molecular formula is C25H21F2N5O2.